The topological polar surface area (TPSA) is 61.5 Å². The number of hydrogen-bond donors (Lipinski definition) is 1. The van der Waals surface area contributed by atoms with E-state index in [0.717, 1.165) is 21.3 Å². The number of aryl methyl sites for hydroxylation is 1. The van der Waals surface area contributed by atoms with Crippen molar-refractivity contribution in [2.75, 3.05) is 14.2 Å². The monoisotopic (exact) mass is 343 g/mol. The SMILES string of the molecule is COC(=O)C(C)(C)CC(N)c1cc(Br)c(C)cc1OC. The summed E-state index contributed by atoms with van der Waals surface area (Å²) in [7, 11) is 3.00. The molecule has 0 radical (unpaired) electrons. The van der Waals surface area contributed by atoms with Crippen LogP contribution in [0.1, 0.15) is 37.4 Å². The molecule has 0 amide bonds. The van der Waals surface area contributed by atoms with Crippen molar-refractivity contribution in [2.45, 2.75) is 33.2 Å². The molecule has 1 atom stereocenters. The first kappa shape index (κ1) is 17.0. The van der Waals surface area contributed by atoms with Gasteiger partial charge < -0.3 is 15.2 Å². The summed E-state index contributed by atoms with van der Waals surface area (Å²) in [5.74, 6) is 0.469. The maximum Gasteiger partial charge on any atom is 0.311 e. The molecule has 112 valence electrons. The van der Waals surface area contributed by atoms with E-state index in [1.54, 1.807) is 7.11 Å². The predicted octanol–water partition coefficient (Wildman–Crippen LogP) is 3.36. The normalized spacial score (nSPS) is 12.9. The fourth-order valence-corrected chi connectivity index (χ4v) is 2.52. The van der Waals surface area contributed by atoms with Gasteiger partial charge in [-0.2, -0.15) is 0 Å². The van der Waals surface area contributed by atoms with Crippen LogP contribution in [0.4, 0.5) is 0 Å². The third-order valence-corrected chi connectivity index (χ3v) is 4.23. The van der Waals surface area contributed by atoms with Gasteiger partial charge >= 0.3 is 5.97 Å². The van der Waals surface area contributed by atoms with E-state index in [4.69, 9.17) is 15.2 Å². The standard InChI is InChI=1S/C15H22BrNO3/c1-9-6-13(19-4)10(7-11(9)16)12(17)8-15(2,3)14(18)20-5/h6-7,12H,8,17H2,1-5H3. The van der Waals surface area contributed by atoms with Crippen LogP contribution in [0, 0.1) is 12.3 Å². The Hall–Kier alpha value is -1.07. The molecular weight excluding hydrogens is 322 g/mol. The van der Waals surface area contributed by atoms with Crippen LogP contribution in [-0.2, 0) is 9.53 Å². The van der Waals surface area contributed by atoms with Gasteiger partial charge in [-0.15, -0.1) is 0 Å². The fraction of sp³-hybridized carbons (Fsp3) is 0.533. The summed E-state index contributed by atoms with van der Waals surface area (Å²) in [5, 5.41) is 0. The molecule has 1 unspecified atom stereocenters. The summed E-state index contributed by atoms with van der Waals surface area (Å²) in [6.45, 7) is 5.64. The van der Waals surface area contributed by atoms with Gasteiger partial charge in [-0.3, -0.25) is 4.79 Å². The van der Waals surface area contributed by atoms with Gasteiger partial charge in [-0.1, -0.05) is 15.9 Å². The lowest BCUT2D eigenvalue weighted by molar-refractivity contribution is -0.151. The van der Waals surface area contributed by atoms with Gasteiger partial charge in [0.2, 0.25) is 0 Å². The van der Waals surface area contributed by atoms with Crippen molar-refractivity contribution in [3.05, 3.63) is 27.7 Å². The van der Waals surface area contributed by atoms with Gasteiger partial charge in [0.15, 0.2) is 0 Å². The number of carbonyl (C=O) groups excluding carboxylic acids is 1. The smallest absolute Gasteiger partial charge is 0.311 e. The molecule has 0 aliphatic rings. The average molecular weight is 344 g/mol. The van der Waals surface area contributed by atoms with Crippen LogP contribution < -0.4 is 10.5 Å². The van der Waals surface area contributed by atoms with E-state index in [1.807, 2.05) is 32.9 Å². The molecule has 1 rings (SSSR count). The molecule has 5 heteroatoms. The van der Waals surface area contributed by atoms with Crippen LogP contribution in [0.5, 0.6) is 5.75 Å². The van der Waals surface area contributed by atoms with E-state index in [9.17, 15) is 4.79 Å². The second kappa shape index (κ2) is 6.59. The van der Waals surface area contributed by atoms with Gasteiger partial charge in [0.1, 0.15) is 5.75 Å². The number of rotatable bonds is 5. The minimum absolute atomic E-state index is 0.266. The first-order chi connectivity index (χ1) is 9.22. The lowest BCUT2D eigenvalue weighted by Gasteiger charge is -2.26. The summed E-state index contributed by atoms with van der Waals surface area (Å²) >= 11 is 3.50. The van der Waals surface area contributed by atoms with Gasteiger partial charge in [-0.05, 0) is 44.9 Å². The van der Waals surface area contributed by atoms with E-state index in [-0.39, 0.29) is 12.0 Å². The van der Waals surface area contributed by atoms with Crippen molar-refractivity contribution >= 4 is 21.9 Å². The van der Waals surface area contributed by atoms with Gasteiger partial charge in [0.25, 0.3) is 0 Å². The minimum atomic E-state index is -0.642. The van der Waals surface area contributed by atoms with Crippen molar-refractivity contribution < 1.29 is 14.3 Å². The van der Waals surface area contributed by atoms with E-state index in [1.165, 1.54) is 7.11 Å². The van der Waals surface area contributed by atoms with Crippen molar-refractivity contribution in [1.82, 2.24) is 0 Å². The van der Waals surface area contributed by atoms with Crippen LogP contribution in [0.25, 0.3) is 0 Å². The number of ether oxygens (including phenoxy) is 2. The second-order valence-corrected chi connectivity index (χ2v) is 6.38. The Morgan fingerprint density at radius 1 is 1.40 bits per heavy atom. The number of esters is 1. The van der Waals surface area contributed by atoms with Crippen molar-refractivity contribution in [3.63, 3.8) is 0 Å². The molecule has 0 spiro atoms. The predicted molar refractivity (Wildman–Crippen MR) is 82.8 cm³/mol. The zero-order valence-electron chi connectivity index (χ0n) is 12.6. The molecule has 2 N–H and O–H groups in total. The summed E-state index contributed by atoms with van der Waals surface area (Å²) in [5.41, 5.74) is 7.57. The van der Waals surface area contributed by atoms with Crippen LogP contribution in [0.3, 0.4) is 0 Å². The molecule has 20 heavy (non-hydrogen) atoms. The number of nitrogens with two attached hydrogens (primary N) is 1. The van der Waals surface area contributed by atoms with E-state index < -0.39 is 5.41 Å². The first-order valence-electron chi connectivity index (χ1n) is 6.41. The number of hydrogen-bond acceptors (Lipinski definition) is 4. The Kier molecular flexibility index (Phi) is 5.59. The lowest BCUT2D eigenvalue weighted by Crippen LogP contribution is -2.30. The summed E-state index contributed by atoms with van der Waals surface area (Å²) in [4.78, 5) is 11.8. The number of methoxy groups -OCH3 is 2. The highest BCUT2D eigenvalue weighted by Crippen LogP contribution is 2.36. The molecule has 0 saturated heterocycles. The zero-order chi connectivity index (χ0) is 15.5. The highest BCUT2D eigenvalue weighted by atomic mass is 79.9. The molecule has 1 aromatic carbocycles. The van der Waals surface area contributed by atoms with Gasteiger partial charge in [0, 0.05) is 16.1 Å². The molecule has 0 fully saturated rings. The van der Waals surface area contributed by atoms with Crippen LogP contribution >= 0.6 is 15.9 Å². The molecular formula is C15H22BrNO3. The molecule has 0 saturated carbocycles. The quantitative estimate of drug-likeness (QED) is 0.832. The maximum atomic E-state index is 11.8. The number of halogens is 1. The molecule has 0 aliphatic carbocycles. The highest BCUT2D eigenvalue weighted by Gasteiger charge is 2.32. The molecule has 0 bridgehead atoms. The molecule has 4 nitrogen and oxygen atoms in total. The second-order valence-electron chi connectivity index (χ2n) is 5.53. The largest absolute Gasteiger partial charge is 0.496 e. The number of benzene rings is 1. The van der Waals surface area contributed by atoms with Gasteiger partial charge in [-0.25, -0.2) is 0 Å². The lowest BCUT2D eigenvalue weighted by atomic mass is 9.83. The Morgan fingerprint density at radius 3 is 2.50 bits per heavy atom. The minimum Gasteiger partial charge on any atom is -0.496 e. The summed E-state index contributed by atoms with van der Waals surface area (Å²) < 4.78 is 11.2. The van der Waals surface area contributed by atoms with E-state index in [2.05, 4.69) is 15.9 Å². The van der Waals surface area contributed by atoms with Gasteiger partial charge in [0.05, 0.1) is 19.6 Å². The van der Waals surface area contributed by atoms with Crippen molar-refractivity contribution in [3.8, 4) is 5.75 Å². The van der Waals surface area contributed by atoms with Crippen LogP contribution in [0.2, 0.25) is 0 Å². The number of carbonyl (C=O) groups is 1. The molecule has 0 aromatic heterocycles. The Balaban J connectivity index is 3.06. The molecule has 1 aromatic rings. The Bertz CT molecular complexity index is 500. The van der Waals surface area contributed by atoms with Crippen LogP contribution in [0.15, 0.2) is 16.6 Å². The molecule has 0 aliphatic heterocycles. The van der Waals surface area contributed by atoms with Crippen LogP contribution in [-0.4, -0.2) is 20.2 Å². The fourth-order valence-electron chi connectivity index (χ4n) is 2.16. The highest BCUT2D eigenvalue weighted by molar-refractivity contribution is 9.10. The Labute approximate surface area is 128 Å². The third-order valence-electron chi connectivity index (χ3n) is 3.38. The maximum absolute atomic E-state index is 11.8. The third kappa shape index (κ3) is 3.73. The van der Waals surface area contributed by atoms with Crippen molar-refractivity contribution in [1.29, 1.82) is 0 Å². The first-order valence-corrected chi connectivity index (χ1v) is 7.20. The van der Waals surface area contributed by atoms with E-state index >= 15 is 0 Å². The molecule has 0 heterocycles. The van der Waals surface area contributed by atoms with Crippen molar-refractivity contribution in [2.24, 2.45) is 11.1 Å². The zero-order valence-corrected chi connectivity index (χ0v) is 14.2. The summed E-state index contributed by atoms with van der Waals surface area (Å²) in [6.07, 6.45) is 0.478. The average Bonchev–Trinajstić information content (AvgIpc) is 2.39. The van der Waals surface area contributed by atoms with E-state index in [0.29, 0.717) is 6.42 Å². The summed E-state index contributed by atoms with van der Waals surface area (Å²) in [6, 6.07) is 3.58. The Morgan fingerprint density at radius 2 is 2.00 bits per heavy atom.